The lowest BCUT2D eigenvalue weighted by atomic mass is 9.90. The highest BCUT2D eigenvalue weighted by molar-refractivity contribution is 5.85. The van der Waals surface area contributed by atoms with Crippen molar-refractivity contribution in [2.45, 2.75) is 5.92 Å². The highest BCUT2D eigenvalue weighted by atomic mass is 35.5. The van der Waals surface area contributed by atoms with E-state index in [-0.39, 0.29) is 36.6 Å². The summed E-state index contributed by atoms with van der Waals surface area (Å²) >= 11 is 0. The SMILES string of the molecule is COc1ccc([C@@H]2CNC[C@H]2C(=O)O)cn1.Cl.Cl. The third-order valence-electron chi connectivity index (χ3n) is 2.93. The van der Waals surface area contributed by atoms with Crippen LogP contribution in [0.5, 0.6) is 5.88 Å². The highest BCUT2D eigenvalue weighted by Crippen LogP contribution is 2.28. The minimum absolute atomic E-state index is 0. The number of carboxylic acids is 1. The van der Waals surface area contributed by atoms with E-state index >= 15 is 0 Å². The normalized spacial score (nSPS) is 21.6. The van der Waals surface area contributed by atoms with Gasteiger partial charge in [0.1, 0.15) is 0 Å². The van der Waals surface area contributed by atoms with Crippen molar-refractivity contribution in [1.82, 2.24) is 10.3 Å². The molecule has 0 aliphatic carbocycles. The molecule has 0 aromatic carbocycles. The molecule has 1 fully saturated rings. The number of hydrogen-bond donors (Lipinski definition) is 2. The predicted octanol–water partition coefficient (Wildman–Crippen LogP) is 1.32. The van der Waals surface area contributed by atoms with Crippen LogP contribution >= 0.6 is 24.8 Å². The monoisotopic (exact) mass is 294 g/mol. The number of aliphatic carboxylic acids is 1. The van der Waals surface area contributed by atoms with Crippen LogP contribution in [0.25, 0.3) is 0 Å². The van der Waals surface area contributed by atoms with Crippen LogP contribution in [0.4, 0.5) is 0 Å². The Hall–Kier alpha value is -1.04. The fourth-order valence-electron chi connectivity index (χ4n) is 2.02. The quantitative estimate of drug-likeness (QED) is 0.880. The molecule has 1 aromatic heterocycles. The molecule has 0 saturated carbocycles. The maximum absolute atomic E-state index is 11.0. The summed E-state index contributed by atoms with van der Waals surface area (Å²) in [6, 6.07) is 3.63. The third kappa shape index (κ3) is 3.48. The molecule has 1 aromatic rings. The summed E-state index contributed by atoms with van der Waals surface area (Å²) in [5.74, 6) is -0.585. The first kappa shape index (κ1) is 17.0. The highest BCUT2D eigenvalue weighted by Gasteiger charge is 2.33. The van der Waals surface area contributed by atoms with Crippen LogP contribution in [-0.2, 0) is 4.79 Å². The maximum Gasteiger partial charge on any atom is 0.308 e. The second-order valence-electron chi connectivity index (χ2n) is 3.84. The van der Waals surface area contributed by atoms with Gasteiger partial charge in [0.25, 0.3) is 0 Å². The lowest BCUT2D eigenvalue weighted by Crippen LogP contribution is -2.21. The zero-order valence-corrected chi connectivity index (χ0v) is 11.5. The van der Waals surface area contributed by atoms with E-state index in [1.54, 1.807) is 19.4 Å². The summed E-state index contributed by atoms with van der Waals surface area (Å²) in [7, 11) is 1.55. The first-order valence-corrected chi connectivity index (χ1v) is 5.16. The van der Waals surface area contributed by atoms with Gasteiger partial charge in [0, 0.05) is 31.3 Å². The number of carbonyl (C=O) groups is 1. The van der Waals surface area contributed by atoms with Crippen LogP contribution in [0.2, 0.25) is 0 Å². The smallest absolute Gasteiger partial charge is 0.308 e. The number of hydrogen-bond acceptors (Lipinski definition) is 4. The Kier molecular flexibility index (Phi) is 6.98. The Balaban J connectivity index is 0.00000144. The minimum Gasteiger partial charge on any atom is -0.481 e. The molecule has 2 rings (SSSR count). The van der Waals surface area contributed by atoms with Crippen molar-refractivity contribution in [1.29, 1.82) is 0 Å². The van der Waals surface area contributed by atoms with Gasteiger partial charge in [0.15, 0.2) is 0 Å². The fourth-order valence-corrected chi connectivity index (χ4v) is 2.02. The van der Waals surface area contributed by atoms with E-state index in [2.05, 4.69) is 10.3 Å². The van der Waals surface area contributed by atoms with Crippen molar-refractivity contribution in [2.75, 3.05) is 20.2 Å². The van der Waals surface area contributed by atoms with Crippen molar-refractivity contribution in [2.24, 2.45) is 5.92 Å². The van der Waals surface area contributed by atoms with Crippen molar-refractivity contribution in [3.63, 3.8) is 0 Å². The van der Waals surface area contributed by atoms with Crippen molar-refractivity contribution >= 4 is 30.8 Å². The average Bonchev–Trinajstić information content (AvgIpc) is 2.78. The topological polar surface area (TPSA) is 71.5 Å². The Morgan fingerprint density at radius 3 is 2.67 bits per heavy atom. The van der Waals surface area contributed by atoms with Gasteiger partial charge in [-0.2, -0.15) is 0 Å². The Morgan fingerprint density at radius 1 is 1.44 bits per heavy atom. The Morgan fingerprint density at radius 2 is 2.17 bits per heavy atom. The van der Waals surface area contributed by atoms with E-state index in [1.165, 1.54) is 0 Å². The molecule has 2 heterocycles. The number of methoxy groups -OCH3 is 1. The van der Waals surface area contributed by atoms with Gasteiger partial charge < -0.3 is 15.2 Å². The van der Waals surface area contributed by atoms with E-state index in [4.69, 9.17) is 9.84 Å². The number of halogens is 2. The molecule has 0 spiro atoms. The minimum atomic E-state index is -0.759. The summed E-state index contributed by atoms with van der Waals surface area (Å²) < 4.78 is 4.96. The predicted molar refractivity (Wildman–Crippen MR) is 72.0 cm³/mol. The number of aromatic nitrogens is 1. The fraction of sp³-hybridized carbons (Fsp3) is 0.455. The first-order valence-electron chi connectivity index (χ1n) is 5.16. The molecule has 102 valence electrons. The summed E-state index contributed by atoms with van der Waals surface area (Å²) in [5, 5.41) is 12.2. The molecule has 1 saturated heterocycles. The summed E-state index contributed by atoms with van der Waals surface area (Å²) in [5.41, 5.74) is 0.943. The second kappa shape index (κ2) is 7.41. The van der Waals surface area contributed by atoms with E-state index in [1.807, 2.05) is 6.07 Å². The first-order chi connectivity index (χ1) is 7.72. The van der Waals surface area contributed by atoms with E-state index < -0.39 is 5.97 Å². The molecule has 5 nitrogen and oxygen atoms in total. The van der Waals surface area contributed by atoms with Gasteiger partial charge in [-0.3, -0.25) is 4.79 Å². The number of ether oxygens (including phenoxy) is 1. The molecule has 2 N–H and O–H groups in total. The van der Waals surface area contributed by atoms with Gasteiger partial charge in [-0.15, -0.1) is 24.8 Å². The number of carboxylic acid groups (broad SMARTS) is 1. The summed E-state index contributed by atoms with van der Waals surface area (Å²) in [4.78, 5) is 15.1. The van der Waals surface area contributed by atoms with E-state index in [0.29, 0.717) is 19.0 Å². The molecule has 0 amide bonds. The van der Waals surface area contributed by atoms with Crippen molar-refractivity contribution < 1.29 is 14.6 Å². The van der Waals surface area contributed by atoms with Crippen LogP contribution in [0.1, 0.15) is 11.5 Å². The second-order valence-corrected chi connectivity index (χ2v) is 3.84. The number of rotatable bonds is 3. The molecule has 18 heavy (non-hydrogen) atoms. The summed E-state index contributed by atoms with van der Waals surface area (Å²) in [6.45, 7) is 1.21. The lowest BCUT2D eigenvalue weighted by molar-refractivity contribution is -0.141. The third-order valence-corrected chi connectivity index (χ3v) is 2.93. The lowest BCUT2D eigenvalue weighted by Gasteiger charge is -2.14. The van der Waals surface area contributed by atoms with Gasteiger partial charge in [-0.25, -0.2) is 4.98 Å². The standard InChI is InChI=1S/C11H14N2O3.2ClH/c1-16-10-3-2-7(4-13-10)8-5-12-6-9(8)11(14)15;;/h2-4,8-9,12H,5-6H2,1H3,(H,14,15);2*1H/t8-,9+;;/m0../s1. The van der Waals surface area contributed by atoms with Gasteiger partial charge >= 0.3 is 5.97 Å². The molecular weight excluding hydrogens is 279 g/mol. The molecular formula is C11H16Cl2N2O3. The van der Waals surface area contributed by atoms with Gasteiger partial charge in [0.05, 0.1) is 13.0 Å². The van der Waals surface area contributed by atoms with Gasteiger partial charge in [-0.05, 0) is 5.56 Å². The van der Waals surface area contributed by atoms with E-state index in [9.17, 15) is 4.79 Å². The zero-order chi connectivity index (χ0) is 11.5. The Bertz CT molecular complexity index is 386. The molecule has 1 aliphatic rings. The average molecular weight is 295 g/mol. The summed E-state index contributed by atoms with van der Waals surface area (Å²) in [6.07, 6.45) is 1.69. The Labute approximate surface area is 118 Å². The van der Waals surface area contributed by atoms with Crippen LogP contribution in [0.15, 0.2) is 18.3 Å². The molecule has 0 bridgehead atoms. The van der Waals surface area contributed by atoms with Crippen molar-refractivity contribution in [3.8, 4) is 5.88 Å². The largest absolute Gasteiger partial charge is 0.481 e. The van der Waals surface area contributed by atoms with Crippen LogP contribution in [-0.4, -0.2) is 36.3 Å². The van der Waals surface area contributed by atoms with E-state index in [0.717, 1.165) is 5.56 Å². The van der Waals surface area contributed by atoms with Crippen LogP contribution in [0, 0.1) is 5.92 Å². The zero-order valence-electron chi connectivity index (χ0n) is 9.83. The molecule has 0 unspecified atom stereocenters. The molecule has 7 heteroatoms. The van der Waals surface area contributed by atoms with Crippen LogP contribution in [0.3, 0.4) is 0 Å². The van der Waals surface area contributed by atoms with Gasteiger partial charge in [-0.1, -0.05) is 6.07 Å². The van der Waals surface area contributed by atoms with Crippen molar-refractivity contribution in [3.05, 3.63) is 23.9 Å². The maximum atomic E-state index is 11.0. The van der Waals surface area contributed by atoms with Crippen LogP contribution < -0.4 is 10.1 Å². The number of nitrogens with one attached hydrogen (secondary N) is 1. The molecule has 2 atom stereocenters. The molecule has 1 aliphatic heterocycles. The number of pyridine rings is 1. The molecule has 0 radical (unpaired) electrons. The van der Waals surface area contributed by atoms with Gasteiger partial charge in [0.2, 0.25) is 5.88 Å². The number of nitrogens with zero attached hydrogens (tertiary/aromatic N) is 1.